The highest BCUT2D eigenvalue weighted by Gasteiger charge is 2.22. The monoisotopic (exact) mass is 325 g/mol. The van der Waals surface area contributed by atoms with Crippen molar-refractivity contribution in [2.45, 2.75) is 25.1 Å². The highest BCUT2D eigenvalue weighted by atomic mass is 79.9. The van der Waals surface area contributed by atoms with Crippen LogP contribution in [0.5, 0.6) is 0 Å². The fourth-order valence-electron chi connectivity index (χ4n) is 1.39. The molecule has 100 valence electrons. The molecule has 0 fully saturated rings. The zero-order valence-corrected chi connectivity index (χ0v) is 11.1. The van der Waals surface area contributed by atoms with Gasteiger partial charge in [0.05, 0.1) is 24.3 Å². The van der Waals surface area contributed by atoms with Crippen molar-refractivity contribution in [3.63, 3.8) is 0 Å². The number of rotatable bonds is 5. The van der Waals surface area contributed by atoms with E-state index in [2.05, 4.69) is 25.7 Å². The molecule has 1 aromatic rings. The van der Waals surface area contributed by atoms with E-state index in [9.17, 15) is 18.0 Å². The fourth-order valence-corrected chi connectivity index (χ4v) is 1.87. The summed E-state index contributed by atoms with van der Waals surface area (Å²) in [4.78, 5) is 15.0. The second-order valence-corrected chi connectivity index (χ2v) is 3.93. The normalized spacial score (nSPS) is 10.8. The Morgan fingerprint density at radius 1 is 1.56 bits per heavy atom. The van der Waals surface area contributed by atoms with Crippen molar-refractivity contribution in [2.24, 2.45) is 0 Å². The molecule has 1 rings (SSSR count). The average molecular weight is 326 g/mol. The lowest BCUT2D eigenvalue weighted by Gasteiger charge is -2.10. The van der Waals surface area contributed by atoms with Gasteiger partial charge in [0, 0.05) is 17.1 Å². The standard InChI is InChI=1S/C11H11BrF3NO2/c1-2-18-9(17)3-6-8(4-12)16-5-7(10(6)13)11(14)15/h5,11H,2-4H2,1H3. The van der Waals surface area contributed by atoms with Gasteiger partial charge in [-0.3, -0.25) is 9.78 Å². The van der Waals surface area contributed by atoms with E-state index >= 15 is 0 Å². The SMILES string of the molecule is CCOC(=O)Cc1c(CBr)ncc(C(F)F)c1F. The second kappa shape index (κ2) is 6.72. The Labute approximate surface area is 110 Å². The number of nitrogens with zero attached hydrogens (tertiary/aromatic N) is 1. The van der Waals surface area contributed by atoms with Crippen LogP contribution in [-0.2, 0) is 21.3 Å². The summed E-state index contributed by atoms with van der Waals surface area (Å²) in [5.41, 5.74) is -0.743. The number of hydrogen-bond acceptors (Lipinski definition) is 3. The minimum atomic E-state index is -2.97. The smallest absolute Gasteiger partial charge is 0.310 e. The van der Waals surface area contributed by atoms with Crippen LogP contribution < -0.4 is 0 Å². The van der Waals surface area contributed by atoms with Gasteiger partial charge in [0.2, 0.25) is 0 Å². The summed E-state index contributed by atoms with van der Waals surface area (Å²) in [6.45, 7) is 1.75. The first kappa shape index (κ1) is 14.9. The molecule has 7 heteroatoms. The molecule has 0 amide bonds. The highest BCUT2D eigenvalue weighted by molar-refractivity contribution is 9.08. The van der Waals surface area contributed by atoms with E-state index in [0.29, 0.717) is 0 Å². The molecule has 1 aromatic heterocycles. The topological polar surface area (TPSA) is 39.2 Å². The van der Waals surface area contributed by atoms with Gasteiger partial charge in [0.15, 0.2) is 0 Å². The van der Waals surface area contributed by atoms with Crippen molar-refractivity contribution in [1.82, 2.24) is 4.98 Å². The number of carbonyl (C=O) groups excluding carboxylic acids is 1. The molecule has 0 radical (unpaired) electrons. The molecule has 0 aliphatic carbocycles. The second-order valence-electron chi connectivity index (χ2n) is 3.37. The molecule has 1 heterocycles. The summed E-state index contributed by atoms with van der Waals surface area (Å²) in [5, 5.41) is 0.169. The van der Waals surface area contributed by atoms with E-state index in [1.165, 1.54) is 0 Å². The molecule has 0 atom stereocenters. The lowest BCUT2D eigenvalue weighted by atomic mass is 10.1. The first-order valence-electron chi connectivity index (χ1n) is 5.17. The largest absolute Gasteiger partial charge is 0.466 e. The van der Waals surface area contributed by atoms with Gasteiger partial charge >= 0.3 is 5.97 Å². The molecule has 0 saturated heterocycles. The molecule has 0 saturated carbocycles. The van der Waals surface area contributed by atoms with Crippen LogP contribution in [0.4, 0.5) is 13.2 Å². The van der Waals surface area contributed by atoms with Crippen molar-refractivity contribution in [1.29, 1.82) is 0 Å². The third-order valence-electron chi connectivity index (χ3n) is 2.21. The molecular weight excluding hydrogens is 315 g/mol. The molecule has 0 spiro atoms. The van der Waals surface area contributed by atoms with Crippen LogP contribution in [0.25, 0.3) is 0 Å². The number of halogens is 4. The Bertz CT molecular complexity index is 441. The number of alkyl halides is 3. The fraction of sp³-hybridized carbons (Fsp3) is 0.455. The number of esters is 1. The van der Waals surface area contributed by atoms with Gasteiger partial charge < -0.3 is 4.74 Å². The zero-order valence-electron chi connectivity index (χ0n) is 9.55. The van der Waals surface area contributed by atoms with Crippen LogP contribution in [0.1, 0.15) is 30.2 Å². The van der Waals surface area contributed by atoms with E-state index in [1.54, 1.807) is 6.92 Å². The molecule has 0 unspecified atom stereocenters. The lowest BCUT2D eigenvalue weighted by molar-refractivity contribution is -0.142. The molecule has 0 aliphatic heterocycles. The van der Waals surface area contributed by atoms with E-state index in [1.807, 2.05) is 0 Å². The maximum absolute atomic E-state index is 13.8. The van der Waals surface area contributed by atoms with E-state index < -0.39 is 30.2 Å². The average Bonchev–Trinajstić information content (AvgIpc) is 2.31. The summed E-state index contributed by atoms with van der Waals surface area (Å²) >= 11 is 3.06. The van der Waals surface area contributed by atoms with E-state index in [0.717, 1.165) is 6.20 Å². The number of carbonyl (C=O) groups is 1. The maximum atomic E-state index is 13.8. The minimum Gasteiger partial charge on any atom is -0.466 e. The summed E-state index contributed by atoms with van der Waals surface area (Å²) in [5.74, 6) is -1.77. The Hall–Kier alpha value is -1.11. The van der Waals surface area contributed by atoms with Crippen molar-refractivity contribution >= 4 is 21.9 Å². The third kappa shape index (κ3) is 3.44. The number of ether oxygens (including phenoxy) is 1. The molecule has 0 N–H and O–H groups in total. The van der Waals surface area contributed by atoms with Gasteiger partial charge in [-0.2, -0.15) is 0 Å². The maximum Gasteiger partial charge on any atom is 0.310 e. The first-order valence-corrected chi connectivity index (χ1v) is 6.29. The van der Waals surface area contributed by atoms with Crippen molar-refractivity contribution < 1.29 is 22.7 Å². The Morgan fingerprint density at radius 2 is 2.22 bits per heavy atom. The van der Waals surface area contributed by atoms with Crippen LogP contribution in [-0.4, -0.2) is 17.6 Å². The van der Waals surface area contributed by atoms with Gasteiger partial charge in [-0.25, -0.2) is 13.2 Å². The molecule has 18 heavy (non-hydrogen) atoms. The number of aromatic nitrogens is 1. The van der Waals surface area contributed by atoms with Gasteiger partial charge in [-0.05, 0) is 6.92 Å². The quantitative estimate of drug-likeness (QED) is 0.616. The van der Waals surface area contributed by atoms with Crippen LogP contribution in [0, 0.1) is 5.82 Å². The predicted molar refractivity (Wildman–Crippen MR) is 62.1 cm³/mol. The summed E-state index contributed by atoms with van der Waals surface area (Å²) in [7, 11) is 0. The molecule has 0 aromatic carbocycles. The van der Waals surface area contributed by atoms with Crippen LogP contribution in [0.3, 0.4) is 0 Å². The number of hydrogen-bond donors (Lipinski definition) is 0. The van der Waals surface area contributed by atoms with Crippen LogP contribution in [0.15, 0.2) is 6.20 Å². The summed E-state index contributed by atoms with van der Waals surface area (Å²) in [6, 6.07) is 0. The number of pyridine rings is 1. The van der Waals surface area contributed by atoms with Crippen LogP contribution in [0.2, 0.25) is 0 Å². The highest BCUT2D eigenvalue weighted by Crippen LogP contribution is 2.26. The van der Waals surface area contributed by atoms with E-state index in [4.69, 9.17) is 0 Å². The summed E-state index contributed by atoms with van der Waals surface area (Å²) < 4.78 is 43.5. The van der Waals surface area contributed by atoms with Gasteiger partial charge in [0.25, 0.3) is 6.43 Å². The molecular formula is C11H11BrF3NO2. The molecule has 3 nitrogen and oxygen atoms in total. The lowest BCUT2D eigenvalue weighted by Crippen LogP contribution is -2.13. The first-order chi connectivity index (χ1) is 8.51. The Kier molecular flexibility index (Phi) is 5.58. The van der Waals surface area contributed by atoms with Gasteiger partial charge in [-0.15, -0.1) is 0 Å². The van der Waals surface area contributed by atoms with Gasteiger partial charge in [-0.1, -0.05) is 15.9 Å². The Balaban J connectivity index is 3.13. The molecule has 0 bridgehead atoms. The van der Waals surface area contributed by atoms with Gasteiger partial charge in [0.1, 0.15) is 5.82 Å². The molecule has 0 aliphatic rings. The van der Waals surface area contributed by atoms with Crippen molar-refractivity contribution in [3.05, 3.63) is 28.8 Å². The van der Waals surface area contributed by atoms with Crippen molar-refractivity contribution in [2.75, 3.05) is 6.61 Å². The van der Waals surface area contributed by atoms with E-state index in [-0.39, 0.29) is 23.2 Å². The van der Waals surface area contributed by atoms with Crippen LogP contribution >= 0.6 is 15.9 Å². The third-order valence-corrected chi connectivity index (χ3v) is 2.75. The minimum absolute atomic E-state index is 0.145. The Morgan fingerprint density at radius 3 is 2.72 bits per heavy atom. The zero-order chi connectivity index (χ0) is 13.7. The van der Waals surface area contributed by atoms with Crippen molar-refractivity contribution in [3.8, 4) is 0 Å². The summed E-state index contributed by atoms with van der Waals surface area (Å²) in [6.07, 6.45) is -2.60. The predicted octanol–water partition coefficient (Wildman–Crippen LogP) is 3.16.